The van der Waals surface area contributed by atoms with Gasteiger partial charge in [-0.2, -0.15) is 0 Å². The molecule has 2 aromatic rings. The van der Waals surface area contributed by atoms with Crippen LogP contribution in [0.4, 0.5) is 11.4 Å². The van der Waals surface area contributed by atoms with Gasteiger partial charge in [0.2, 0.25) is 0 Å². The number of aromatic nitrogens is 1. The summed E-state index contributed by atoms with van der Waals surface area (Å²) < 4.78 is 0. The monoisotopic (exact) mass is 253 g/mol. The first-order valence-corrected chi connectivity index (χ1v) is 6.19. The predicted octanol–water partition coefficient (Wildman–Crippen LogP) is 3.03. The molecule has 0 aliphatic carbocycles. The highest BCUT2D eigenvalue weighted by Crippen LogP contribution is 2.27. The Morgan fingerprint density at radius 2 is 2.31 bits per heavy atom. The van der Waals surface area contributed by atoms with Crippen LogP contribution < -0.4 is 11.1 Å². The number of hydrogen-bond donors (Lipinski definition) is 2. The van der Waals surface area contributed by atoms with Gasteiger partial charge in [-0.15, -0.1) is 11.3 Å². The van der Waals surface area contributed by atoms with Crippen LogP contribution in [-0.4, -0.2) is 11.5 Å². The van der Waals surface area contributed by atoms with Crippen molar-refractivity contribution in [1.82, 2.24) is 4.98 Å². The molecule has 16 heavy (non-hydrogen) atoms. The van der Waals surface area contributed by atoms with Gasteiger partial charge in [0, 0.05) is 24.5 Å². The highest BCUT2D eigenvalue weighted by Gasteiger charge is 2.03. The Balaban J connectivity index is 1.95. The number of thiazole rings is 1. The largest absolute Gasteiger partial charge is 0.397 e. The minimum Gasteiger partial charge on any atom is -0.397 e. The highest BCUT2D eigenvalue weighted by atomic mass is 35.5. The van der Waals surface area contributed by atoms with Gasteiger partial charge < -0.3 is 11.1 Å². The molecule has 5 heteroatoms. The molecule has 0 atom stereocenters. The Morgan fingerprint density at radius 3 is 3.00 bits per heavy atom. The molecule has 0 unspecified atom stereocenters. The van der Waals surface area contributed by atoms with Crippen LogP contribution in [0.2, 0.25) is 5.02 Å². The molecule has 0 fully saturated rings. The standard InChI is InChI=1S/C11H12ClN3S/c12-8-2-1-3-9(13)11(8)15-5-4-10-14-6-7-16-10/h1-3,6-7,15H,4-5,13H2. The molecule has 0 aliphatic rings. The summed E-state index contributed by atoms with van der Waals surface area (Å²) in [7, 11) is 0. The maximum Gasteiger partial charge on any atom is 0.0942 e. The molecule has 2 rings (SSSR count). The fourth-order valence-electron chi connectivity index (χ4n) is 1.40. The SMILES string of the molecule is Nc1cccc(Cl)c1NCCc1nccs1. The average molecular weight is 254 g/mol. The van der Waals surface area contributed by atoms with Gasteiger partial charge in [-0.1, -0.05) is 17.7 Å². The predicted molar refractivity (Wildman–Crippen MR) is 70.2 cm³/mol. The van der Waals surface area contributed by atoms with Crippen LogP contribution in [0.1, 0.15) is 5.01 Å². The quantitative estimate of drug-likeness (QED) is 0.824. The number of para-hydroxylation sites is 1. The maximum atomic E-state index is 6.03. The van der Waals surface area contributed by atoms with Crippen molar-refractivity contribution in [2.45, 2.75) is 6.42 Å². The zero-order valence-corrected chi connectivity index (χ0v) is 10.2. The van der Waals surface area contributed by atoms with E-state index in [-0.39, 0.29) is 0 Å². The van der Waals surface area contributed by atoms with E-state index in [4.69, 9.17) is 17.3 Å². The van der Waals surface area contributed by atoms with Crippen molar-refractivity contribution in [2.24, 2.45) is 0 Å². The molecular formula is C11H12ClN3S. The first-order valence-electron chi connectivity index (χ1n) is 4.93. The minimum absolute atomic E-state index is 0.652. The third-order valence-electron chi connectivity index (χ3n) is 2.17. The van der Waals surface area contributed by atoms with Gasteiger partial charge in [0.25, 0.3) is 0 Å². The van der Waals surface area contributed by atoms with Gasteiger partial charge in [-0.3, -0.25) is 0 Å². The summed E-state index contributed by atoms with van der Waals surface area (Å²) in [6.45, 7) is 0.779. The van der Waals surface area contributed by atoms with Crippen LogP contribution in [0.15, 0.2) is 29.8 Å². The molecule has 0 spiro atoms. The Morgan fingerprint density at radius 1 is 1.44 bits per heavy atom. The fraction of sp³-hybridized carbons (Fsp3) is 0.182. The summed E-state index contributed by atoms with van der Waals surface area (Å²) in [5.74, 6) is 0. The number of hydrogen-bond acceptors (Lipinski definition) is 4. The summed E-state index contributed by atoms with van der Waals surface area (Å²) in [5.41, 5.74) is 7.30. The summed E-state index contributed by atoms with van der Waals surface area (Å²) in [6.07, 6.45) is 2.69. The molecule has 1 aromatic carbocycles. The first-order chi connectivity index (χ1) is 7.77. The van der Waals surface area contributed by atoms with Crippen LogP contribution in [0.3, 0.4) is 0 Å². The molecule has 1 heterocycles. The number of nitrogens with two attached hydrogens (primary N) is 1. The molecule has 1 aromatic heterocycles. The number of nitrogen functional groups attached to an aromatic ring is 1. The second kappa shape index (κ2) is 5.18. The van der Waals surface area contributed by atoms with Crippen LogP contribution in [0.5, 0.6) is 0 Å². The Kier molecular flexibility index (Phi) is 3.64. The lowest BCUT2D eigenvalue weighted by molar-refractivity contribution is 0.999. The number of benzene rings is 1. The molecule has 0 saturated carbocycles. The van der Waals surface area contributed by atoms with Gasteiger partial charge in [0.1, 0.15) is 0 Å². The smallest absolute Gasteiger partial charge is 0.0942 e. The van der Waals surface area contributed by atoms with E-state index in [0.29, 0.717) is 10.7 Å². The summed E-state index contributed by atoms with van der Waals surface area (Å²) in [6, 6.07) is 5.49. The van der Waals surface area contributed by atoms with E-state index in [2.05, 4.69) is 10.3 Å². The van der Waals surface area contributed by atoms with Gasteiger partial charge in [-0.05, 0) is 12.1 Å². The molecule has 0 radical (unpaired) electrons. The van der Waals surface area contributed by atoms with Crippen molar-refractivity contribution in [3.05, 3.63) is 39.8 Å². The normalized spacial score (nSPS) is 10.3. The second-order valence-electron chi connectivity index (χ2n) is 3.31. The van der Waals surface area contributed by atoms with Crippen molar-refractivity contribution < 1.29 is 0 Å². The highest BCUT2D eigenvalue weighted by molar-refractivity contribution is 7.09. The molecule has 0 bridgehead atoms. The number of nitrogens with zero attached hydrogens (tertiary/aromatic N) is 1. The van der Waals surface area contributed by atoms with Crippen LogP contribution >= 0.6 is 22.9 Å². The van der Waals surface area contributed by atoms with E-state index in [1.807, 2.05) is 29.8 Å². The average Bonchev–Trinajstić information content (AvgIpc) is 2.75. The molecule has 0 saturated heterocycles. The molecule has 84 valence electrons. The second-order valence-corrected chi connectivity index (χ2v) is 4.69. The lowest BCUT2D eigenvalue weighted by Crippen LogP contribution is -2.07. The summed E-state index contributed by atoms with van der Waals surface area (Å²) >= 11 is 7.69. The Bertz CT molecular complexity index is 436. The summed E-state index contributed by atoms with van der Waals surface area (Å²) in [5, 5.41) is 6.96. The molecule has 3 nitrogen and oxygen atoms in total. The lowest BCUT2D eigenvalue weighted by Gasteiger charge is -2.09. The van der Waals surface area contributed by atoms with E-state index in [9.17, 15) is 0 Å². The van der Waals surface area contributed by atoms with E-state index in [1.165, 1.54) is 0 Å². The van der Waals surface area contributed by atoms with Gasteiger partial charge in [0.15, 0.2) is 0 Å². The van der Waals surface area contributed by atoms with E-state index in [1.54, 1.807) is 11.3 Å². The number of halogens is 1. The van der Waals surface area contributed by atoms with E-state index < -0.39 is 0 Å². The van der Waals surface area contributed by atoms with Gasteiger partial charge in [-0.25, -0.2) is 4.98 Å². The van der Waals surface area contributed by atoms with E-state index >= 15 is 0 Å². The molecule has 0 amide bonds. The minimum atomic E-state index is 0.652. The van der Waals surface area contributed by atoms with Gasteiger partial charge >= 0.3 is 0 Å². The van der Waals surface area contributed by atoms with Crippen molar-refractivity contribution in [3.8, 4) is 0 Å². The van der Waals surface area contributed by atoms with Gasteiger partial charge in [0.05, 0.1) is 21.4 Å². The topological polar surface area (TPSA) is 50.9 Å². The molecule has 3 N–H and O–H groups in total. The zero-order chi connectivity index (χ0) is 11.4. The van der Waals surface area contributed by atoms with Crippen molar-refractivity contribution in [2.75, 3.05) is 17.6 Å². The van der Waals surface area contributed by atoms with Crippen LogP contribution in [0, 0.1) is 0 Å². The number of anilines is 2. The third-order valence-corrected chi connectivity index (χ3v) is 3.32. The van der Waals surface area contributed by atoms with Crippen molar-refractivity contribution in [3.63, 3.8) is 0 Å². The third kappa shape index (κ3) is 2.65. The maximum absolute atomic E-state index is 6.03. The molecule has 0 aliphatic heterocycles. The van der Waals surface area contributed by atoms with Crippen LogP contribution in [-0.2, 0) is 6.42 Å². The van der Waals surface area contributed by atoms with Crippen molar-refractivity contribution >= 4 is 34.3 Å². The lowest BCUT2D eigenvalue weighted by atomic mass is 10.2. The van der Waals surface area contributed by atoms with Crippen LogP contribution in [0.25, 0.3) is 0 Å². The summed E-state index contributed by atoms with van der Waals surface area (Å²) in [4.78, 5) is 4.21. The zero-order valence-electron chi connectivity index (χ0n) is 8.61. The first kappa shape index (κ1) is 11.2. The van der Waals surface area contributed by atoms with E-state index in [0.717, 1.165) is 23.7 Å². The number of nitrogens with one attached hydrogen (secondary N) is 1. The number of rotatable bonds is 4. The Labute approximate surface area is 103 Å². The fourth-order valence-corrected chi connectivity index (χ4v) is 2.27. The Hall–Kier alpha value is -1.26. The van der Waals surface area contributed by atoms with Crippen molar-refractivity contribution in [1.29, 1.82) is 0 Å². The molecular weight excluding hydrogens is 242 g/mol.